The largest absolute Gasteiger partial charge is 0.473 e. The van der Waals surface area contributed by atoms with Crippen LogP contribution in [-0.2, 0) is 28.5 Å². The number of hydrogen-bond acceptors (Lipinski definition) is 5. The van der Waals surface area contributed by atoms with Crippen molar-refractivity contribution in [1.82, 2.24) is 0 Å². The summed E-state index contributed by atoms with van der Waals surface area (Å²) in [6.07, 6.45) is 0. The zero-order valence-electron chi connectivity index (χ0n) is 11.1. The van der Waals surface area contributed by atoms with Crippen LogP contribution in [0.15, 0.2) is 30.3 Å². The van der Waals surface area contributed by atoms with Crippen molar-refractivity contribution >= 4 is 15.4 Å². The van der Waals surface area contributed by atoms with E-state index >= 15 is 0 Å². The lowest BCUT2D eigenvalue weighted by Crippen LogP contribution is -2.44. The molecule has 18 heavy (non-hydrogen) atoms. The van der Waals surface area contributed by atoms with Gasteiger partial charge in [0, 0.05) is 34.5 Å². The average Bonchev–Trinajstić information content (AvgIpc) is 2.45. The minimum absolute atomic E-state index is 0.403. The highest BCUT2D eigenvalue weighted by atomic mass is 31.5. The van der Waals surface area contributed by atoms with Crippen LogP contribution in [0.3, 0.4) is 0 Å². The molecular formula is C11H19O5PSi. The summed E-state index contributed by atoms with van der Waals surface area (Å²) < 4.78 is 33.6. The molecule has 0 aromatic heterocycles. The van der Waals surface area contributed by atoms with Gasteiger partial charge < -0.3 is 17.9 Å². The van der Waals surface area contributed by atoms with Gasteiger partial charge in [0.2, 0.25) is 0 Å². The highest BCUT2D eigenvalue weighted by Gasteiger charge is 2.57. The standard InChI is InChI=1S/C11H19O5PSi/c1-13-17(12,14-2)18(15-3,16-4)10-11-8-6-5-7-9-11/h5-9H,10H2,1-4H3. The summed E-state index contributed by atoms with van der Waals surface area (Å²) in [6.45, 7) is 0. The van der Waals surface area contributed by atoms with Crippen LogP contribution >= 0.6 is 7.14 Å². The molecule has 0 aliphatic carbocycles. The molecule has 0 bridgehead atoms. The number of rotatable bonds is 7. The maximum Gasteiger partial charge on any atom is 0.473 e. The van der Waals surface area contributed by atoms with Gasteiger partial charge >= 0.3 is 15.4 Å². The molecule has 0 heterocycles. The van der Waals surface area contributed by atoms with Gasteiger partial charge in [0.25, 0.3) is 0 Å². The number of hydrogen-bond donors (Lipinski definition) is 0. The van der Waals surface area contributed by atoms with E-state index in [4.69, 9.17) is 17.9 Å². The fraction of sp³-hybridized carbons (Fsp3) is 0.455. The van der Waals surface area contributed by atoms with Crippen LogP contribution in [-0.4, -0.2) is 36.7 Å². The second-order valence-electron chi connectivity index (χ2n) is 3.65. The Balaban J connectivity index is 3.12. The van der Waals surface area contributed by atoms with Crippen molar-refractivity contribution in [2.24, 2.45) is 0 Å². The highest BCUT2D eigenvalue weighted by molar-refractivity contribution is 7.90. The predicted octanol–water partition coefficient (Wildman–Crippen LogP) is 2.49. The topological polar surface area (TPSA) is 54.0 Å². The lowest BCUT2D eigenvalue weighted by Gasteiger charge is -2.31. The van der Waals surface area contributed by atoms with Crippen LogP contribution < -0.4 is 0 Å². The van der Waals surface area contributed by atoms with Gasteiger partial charge in [-0.2, -0.15) is 0 Å². The maximum atomic E-state index is 12.6. The lowest BCUT2D eigenvalue weighted by molar-refractivity contribution is 0.222. The van der Waals surface area contributed by atoms with E-state index in [9.17, 15) is 4.57 Å². The molecule has 0 atom stereocenters. The van der Waals surface area contributed by atoms with Gasteiger partial charge in [-0.1, -0.05) is 30.3 Å². The van der Waals surface area contributed by atoms with E-state index in [0.717, 1.165) is 5.56 Å². The molecule has 0 N–H and O–H groups in total. The summed E-state index contributed by atoms with van der Waals surface area (Å²) in [7, 11) is -0.884. The lowest BCUT2D eigenvalue weighted by atomic mass is 10.2. The summed E-state index contributed by atoms with van der Waals surface area (Å²) in [4.78, 5) is 0. The Morgan fingerprint density at radius 2 is 1.50 bits per heavy atom. The molecule has 0 saturated heterocycles. The first-order valence-corrected chi connectivity index (χ1v) is 9.84. The third kappa shape index (κ3) is 2.91. The summed E-state index contributed by atoms with van der Waals surface area (Å²) in [5.74, 6) is 0. The zero-order valence-corrected chi connectivity index (χ0v) is 13.0. The molecule has 0 unspecified atom stereocenters. The minimum Gasteiger partial charge on any atom is -0.389 e. The van der Waals surface area contributed by atoms with E-state index in [-0.39, 0.29) is 0 Å². The Kier molecular flexibility index (Phi) is 5.71. The normalized spacial score (nSPS) is 12.7. The van der Waals surface area contributed by atoms with E-state index in [2.05, 4.69) is 0 Å². The van der Waals surface area contributed by atoms with Gasteiger partial charge in [0.05, 0.1) is 0 Å². The van der Waals surface area contributed by atoms with Crippen LogP contribution in [0.25, 0.3) is 0 Å². The molecule has 0 amide bonds. The van der Waals surface area contributed by atoms with Gasteiger partial charge in [0.1, 0.15) is 0 Å². The molecule has 1 aromatic rings. The van der Waals surface area contributed by atoms with Gasteiger partial charge in [0.15, 0.2) is 0 Å². The summed E-state index contributed by atoms with van der Waals surface area (Å²) in [5, 5.41) is 0. The van der Waals surface area contributed by atoms with E-state index < -0.39 is 15.4 Å². The predicted molar refractivity (Wildman–Crippen MR) is 71.5 cm³/mol. The smallest absolute Gasteiger partial charge is 0.389 e. The van der Waals surface area contributed by atoms with Crippen molar-refractivity contribution in [3.63, 3.8) is 0 Å². The van der Waals surface area contributed by atoms with Gasteiger partial charge in [-0.3, -0.25) is 4.57 Å². The van der Waals surface area contributed by atoms with Gasteiger partial charge in [-0.25, -0.2) is 0 Å². The van der Waals surface area contributed by atoms with E-state index in [1.807, 2.05) is 30.3 Å². The van der Waals surface area contributed by atoms with E-state index in [1.165, 1.54) is 28.4 Å². The SMILES string of the molecule is CO[Si](Cc1ccccc1)(OC)P(=O)(OC)OC. The van der Waals surface area contributed by atoms with E-state index in [1.54, 1.807) is 0 Å². The quantitative estimate of drug-likeness (QED) is 0.570. The van der Waals surface area contributed by atoms with Crippen molar-refractivity contribution in [2.45, 2.75) is 6.04 Å². The van der Waals surface area contributed by atoms with Crippen molar-refractivity contribution in [2.75, 3.05) is 28.4 Å². The third-order valence-corrected chi connectivity index (χ3v) is 11.9. The third-order valence-electron chi connectivity index (χ3n) is 2.81. The molecule has 1 rings (SSSR count). The molecule has 0 fully saturated rings. The van der Waals surface area contributed by atoms with Crippen molar-refractivity contribution in [3.05, 3.63) is 35.9 Å². The van der Waals surface area contributed by atoms with Crippen LogP contribution in [0.2, 0.25) is 0 Å². The Bertz CT molecular complexity index is 399. The molecule has 0 radical (unpaired) electrons. The molecular weight excluding hydrogens is 271 g/mol. The van der Waals surface area contributed by atoms with Crippen molar-refractivity contribution in [3.8, 4) is 0 Å². The Morgan fingerprint density at radius 3 is 1.89 bits per heavy atom. The molecule has 0 aliphatic rings. The van der Waals surface area contributed by atoms with Gasteiger partial charge in [-0.15, -0.1) is 0 Å². The van der Waals surface area contributed by atoms with Crippen molar-refractivity contribution in [1.29, 1.82) is 0 Å². The summed E-state index contributed by atoms with van der Waals surface area (Å²) in [5.41, 5.74) is 0.974. The first-order valence-electron chi connectivity index (χ1n) is 5.43. The molecule has 7 heteroatoms. The first-order chi connectivity index (χ1) is 8.57. The molecule has 0 spiro atoms. The second kappa shape index (κ2) is 6.61. The molecule has 0 saturated carbocycles. The molecule has 5 nitrogen and oxygen atoms in total. The Labute approximate surface area is 109 Å². The van der Waals surface area contributed by atoms with Crippen LogP contribution in [0.4, 0.5) is 0 Å². The first kappa shape index (κ1) is 15.6. The molecule has 102 valence electrons. The van der Waals surface area contributed by atoms with Crippen LogP contribution in [0.1, 0.15) is 5.56 Å². The van der Waals surface area contributed by atoms with Crippen LogP contribution in [0.5, 0.6) is 0 Å². The van der Waals surface area contributed by atoms with E-state index in [0.29, 0.717) is 6.04 Å². The highest BCUT2D eigenvalue weighted by Crippen LogP contribution is 2.57. The average molecular weight is 290 g/mol. The molecule has 1 aromatic carbocycles. The zero-order chi connectivity index (χ0) is 13.6. The Hall–Kier alpha value is -0.493. The monoisotopic (exact) mass is 290 g/mol. The maximum absolute atomic E-state index is 12.6. The Morgan fingerprint density at radius 1 is 1.00 bits per heavy atom. The second-order valence-corrected chi connectivity index (χ2v) is 11.7. The fourth-order valence-electron chi connectivity index (χ4n) is 1.75. The number of benzene rings is 1. The molecule has 0 aliphatic heterocycles. The fourth-order valence-corrected chi connectivity index (χ4v) is 8.45. The summed E-state index contributed by atoms with van der Waals surface area (Å²) in [6, 6.07) is 9.98. The summed E-state index contributed by atoms with van der Waals surface area (Å²) >= 11 is 0. The van der Waals surface area contributed by atoms with Gasteiger partial charge in [-0.05, 0) is 5.56 Å². The van der Waals surface area contributed by atoms with Crippen LogP contribution in [0, 0.1) is 0 Å². The van der Waals surface area contributed by atoms with Crippen molar-refractivity contribution < 1.29 is 22.5 Å². The minimum atomic E-state index is -3.39.